The smallest absolute Gasteiger partial charge is 0.0331 e. The number of thioether (sulfide) groups is 1. The topological polar surface area (TPSA) is 29.3 Å². The molecule has 0 radical (unpaired) electrons. The van der Waals surface area contributed by atoms with E-state index in [1.54, 1.807) is 0 Å². The first-order valence-electron chi connectivity index (χ1n) is 7.88. The molecule has 1 atom stereocenters. The zero-order chi connectivity index (χ0) is 14.5. The molecule has 19 heavy (non-hydrogen) atoms. The van der Waals surface area contributed by atoms with Gasteiger partial charge in [0.15, 0.2) is 0 Å². The quantitative estimate of drug-likeness (QED) is 0.775. The lowest BCUT2D eigenvalue weighted by Gasteiger charge is -2.49. The number of nitrogens with two attached hydrogens (primary N) is 1. The lowest BCUT2D eigenvalue weighted by atomic mass is 9.71. The molecular weight excluding hydrogens is 252 g/mol. The molecule has 3 heteroatoms. The fourth-order valence-electron chi connectivity index (χ4n) is 3.49. The lowest BCUT2D eigenvalue weighted by molar-refractivity contribution is 0.0279. The molecule has 0 heterocycles. The normalized spacial score (nSPS) is 30.0. The highest BCUT2D eigenvalue weighted by Crippen LogP contribution is 2.39. The Balaban J connectivity index is 2.61. The Hall–Kier alpha value is 0.270. The third kappa shape index (κ3) is 4.37. The van der Waals surface area contributed by atoms with E-state index in [1.165, 1.54) is 37.9 Å². The third-order valence-corrected chi connectivity index (χ3v) is 6.08. The Labute approximate surface area is 124 Å². The summed E-state index contributed by atoms with van der Waals surface area (Å²) in [5, 5.41) is 0. The molecule has 1 rings (SSSR count). The first-order chi connectivity index (χ1) is 8.96. The van der Waals surface area contributed by atoms with Crippen LogP contribution in [0.2, 0.25) is 0 Å². The number of likely N-dealkylation sites (N-methyl/N-ethyl adjacent to an activating group) is 1. The molecule has 1 saturated carbocycles. The van der Waals surface area contributed by atoms with Crippen molar-refractivity contribution in [2.75, 3.05) is 25.6 Å². The molecule has 0 aromatic carbocycles. The fraction of sp³-hybridized carbons (Fsp3) is 1.00. The Bertz CT molecular complexity index is 247. The van der Waals surface area contributed by atoms with E-state index in [0.717, 1.165) is 18.4 Å². The van der Waals surface area contributed by atoms with Gasteiger partial charge in [-0.2, -0.15) is 11.8 Å². The second kappa shape index (κ2) is 7.90. The first-order valence-corrected chi connectivity index (χ1v) is 9.28. The molecule has 0 saturated heterocycles. The van der Waals surface area contributed by atoms with E-state index in [-0.39, 0.29) is 5.54 Å². The van der Waals surface area contributed by atoms with Crippen LogP contribution in [-0.2, 0) is 0 Å². The highest BCUT2D eigenvalue weighted by molar-refractivity contribution is 7.98. The standard InChI is InChI=1S/C16H34N2S/c1-13(2)15-6-9-16(12-17,10-7-15)18(4)14(3)8-11-19-5/h13-15H,6-12,17H2,1-5H3. The van der Waals surface area contributed by atoms with Crippen molar-refractivity contribution in [1.29, 1.82) is 0 Å². The van der Waals surface area contributed by atoms with Crippen LogP contribution in [0.3, 0.4) is 0 Å². The van der Waals surface area contributed by atoms with Crippen molar-refractivity contribution in [3.05, 3.63) is 0 Å². The molecule has 1 aliphatic rings. The lowest BCUT2D eigenvalue weighted by Crippen LogP contribution is -2.57. The van der Waals surface area contributed by atoms with Crippen LogP contribution in [0.25, 0.3) is 0 Å². The molecule has 1 aliphatic carbocycles. The Kier molecular flexibility index (Phi) is 7.20. The second-order valence-electron chi connectivity index (χ2n) is 6.75. The summed E-state index contributed by atoms with van der Waals surface area (Å²) in [7, 11) is 2.30. The van der Waals surface area contributed by atoms with Crippen LogP contribution in [0.1, 0.15) is 52.9 Å². The van der Waals surface area contributed by atoms with Gasteiger partial charge in [-0.15, -0.1) is 0 Å². The van der Waals surface area contributed by atoms with E-state index < -0.39 is 0 Å². The van der Waals surface area contributed by atoms with Crippen LogP contribution in [0.15, 0.2) is 0 Å². The molecule has 0 spiro atoms. The molecule has 0 aromatic rings. The Morgan fingerprint density at radius 2 is 1.84 bits per heavy atom. The van der Waals surface area contributed by atoms with Gasteiger partial charge in [-0.1, -0.05) is 13.8 Å². The zero-order valence-electron chi connectivity index (χ0n) is 13.6. The molecule has 2 nitrogen and oxygen atoms in total. The van der Waals surface area contributed by atoms with Gasteiger partial charge in [0.25, 0.3) is 0 Å². The third-order valence-electron chi connectivity index (χ3n) is 5.43. The summed E-state index contributed by atoms with van der Waals surface area (Å²) in [6, 6.07) is 0.645. The van der Waals surface area contributed by atoms with Crippen LogP contribution in [0.5, 0.6) is 0 Å². The van der Waals surface area contributed by atoms with Gasteiger partial charge in [0, 0.05) is 18.1 Å². The van der Waals surface area contributed by atoms with Crippen molar-refractivity contribution >= 4 is 11.8 Å². The molecule has 0 aromatic heterocycles. The SMILES string of the molecule is CSCCC(C)N(C)C1(CN)CCC(C(C)C)CC1. The summed E-state index contributed by atoms with van der Waals surface area (Å²) in [6.45, 7) is 7.91. The number of hydrogen-bond donors (Lipinski definition) is 1. The van der Waals surface area contributed by atoms with Gasteiger partial charge in [-0.25, -0.2) is 0 Å². The summed E-state index contributed by atoms with van der Waals surface area (Å²) in [6.07, 6.45) is 8.74. The maximum atomic E-state index is 6.18. The first kappa shape index (κ1) is 17.3. The minimum absolute atomic E-state index is 0.267. The van der Waals surface area contributed by atoms with Crippen LogP contribution in [-0.4, -0.2) is 42.1 Å². The summed E-state index contributed by atoms with van der Waals surface area (Å²) in [4.78, 5) is 2.60. The average Bonchev–Trinajstić information content (AvgIpc) is 2.43. The van der Waals surface area contributed by atoms with Gasteiger partial charge in [0.2, 0.25) is 0 Å². The van der Waals surface area contributed by atoms with Crippen molar-refractivity contribution in [3.63, 3.8) is 0 Å². The van der Waals surface area contributed by atoms with Crippen molar-refractivity contribution in [1.82, 2.24) is 4.90 Å². The highest BCUT2D eigenvalue weighted by atomic mass is 32.2. The average molecular weight is 287 g/mol. The van der Waals surface area contributed by atoms with Crippen molar-refractivity contribution in [2.45, 2.75) is 64.5 Å². The maximum absolute atomic E-state index is 6.18. The minimum atomic E-state index is 0.267. The van der Waals surface area contributed by atoms with E-state index in [9.17, 15) is 0 Å². The molecule has 0 amide bonds. The van der Waals surface area contributed by atoms with E-state index in [2.05, 4.69) is 39.0 Å². The molecular formula is C16H34N2S. The predicted octanol–water partition coefficient (Wildman–Crippen LogP) is 3.60. The Morgan fingerprint density at radius 3 is 2.26 bits per heavy atom. The molecule has 1 unspecified atom stereocenters. The minimum Gasteiger partial charge on any atom is -0.329 e. The molecule has 1 fully saturated rings. The zero-order valence-corrected chi connectivity index (χ0v) is 14.4. The Morgan fingerprint density at radius 1 is 1.26 bits per heavy atom. The van der Waals surface area contributed by atoms with Gasteiger partial charge >= 0.3 is 0 Å². The van der Waals surface area contributed by atoms with E-state index in [0.29, 0.717) is 6.04 Å². The van der Waals surface area contributed by atoms with E-state index in [1.807, 2.05) is 11.8 Å². The number of nitrogens with zero attached hydrogens (tertiary/aromatic N) is 1. The van der Waals surface area contributed by atoms with Gasteiger partial charge in [-0.05, 0) is 69.9 Å². The highest BCUT2D eigenvalue weighted by Gasteiger charge is 2.39. The molecule has 0 bridgehead atoms. The van der Waals surface area contributed by atoms with Crippen LogP contribution in [0.4, 0.5) is 0 Å². The van der Waals surface area contributed by atoms with Crippen LogP contribution < -0.4 is 5.73 Å². The number of rotatable bonds is 7. The van der Waals surface area contributed by atoms with Crippen molar-refractivity contribution in [2.24, 2.45) is 17.6 Å². The van der Waals surface area contributed by atoms with Gasteiger partial charge in [0.1, 0.15) is 0 Å². The summed E-state index contributed by atoms with van der Waals surface area (Å²) >= 11 is 1.95. The summed E-state index contributed by atoms with van der Waals surface area (Å²) in [5.74, 6) is 2.99. The molecule has 114 valence electrons. The number of hydrogen-bond acceptors (Lipinski definition) is 3. The fourth-order valence-corrected chi connectivity index (χ4v) is 4.07. The van der Waals surface area contributed by atoms with Crippen molar-refractivity contribution in [3.8, 4) is 0 Å². The molecule has 0 aliphatic heterocycles. The largest absolute Gasteiger partial charge is 0.329 e. The maximum Gasteiger partial charge on any atom is 0.0331 e. The summed E-state index contributed by atoms with van der Waals surface area (Å²) < 4.78 is 0. The van der Waals surface area contributed by atoms with Crippen LogP contribution >= 0.6 is 11.8 Å². The molecule has 2 N–H and O–H groups in total. The van der Waals surface area contributed by atoms with Gasteiger partial charge in [-0.3, -0.25) is 4.90 Å². The van der Waals surface area contributed by atoms with Crippen LogP contribution in [0, 0.1) is 11.8 Å². The van der Waals surface area contributed by atoms with E-state index in [4.69, 9.17) is 5.73 Å². The summed E-state index contributed by atoms with van der Waals surface area (Å²) in [5.41, 5.74) is 6.45. The van der Waals surface area contributed by atoms with Gasteiger partial charge in [0.05, 0.1) is 0 Å². The second-order valence-corrected chi connectivity index (χ2v) is 7.74. The van der Waals surface area contributed by atoms with Crippen molar-refractivity contribution < 1.29 is 0 Å². The predicted molar refractivity (Wildman–Crippen MR) is 88.8 cm³/mol. The monoisotopic (exact) mass is 286 g/mol. The van der Waals surface area contributed by atoms with E-state index >= 15 is 0 Å². The van der Waals surface area contributed by atoms with Gasteiger partial charge < -0.3 is 5.73 Å².